The molecule has 2 aliphatic rings. The number of hydrogen-bond donors (Lipinski definition) is 3. The largest absolute Gasteiger partial charge is 0.478 e. The van der Waals surface area contributed by atoms with Gasteiger partial charge in [-0.1, -0.05) is 25.0 Å². The summed E-state index contributed by atoms with van der Waals surface area (Å²) in [7, 11) is 0. The summed E-state index contributed by atoms with van der Waals surface area (Å²) in [6.45, 7) is 1.56. The number of carbonyl (C=O) groups excluding carboxylic acids is 1. The van der Waals surface area contributed by atoms with Crippen molar-refractivity contribution in [3.05, 3.63) is 35.4 Å². The van der Waals surface area contributed by atoms with Gasteiger partial charge in [-0.2, -0.15) is 0 Å². The van der Waals surface area contributed by atoms with Crippen LogP contribution < -0.4 is 5.32 Å². The lowest BCUT2D eigenvalue weighted by Crippen LogP contribution is -2.56. The molecule has 2 amide bonds. The summed E-state index contributed by atoms with van der Waals surface area (Å²) in [5.74, 6) is -0.778. The lowest BCUT2D eigenvalue weighted by molar-refractivity contribution is -0.0870. The fraction of sp³-hybridized carbons (Fsp3) is 0.556. The molecule has 2 unspecified atom stereocenters. The molecule has 0 bridgehead atoms. The second-order valence-corrected chi connectivity index (χ2v) is 6.90. The Hall–Kier alpha value is -2.08. The monoisotopic (exact) mass is 332 g/mol. The highest BCUT2D eigenvalue weighted by Gasteiger charge is 2.43. The average Bonchev–Trinajstić information content (AvgIpc) is 2.59. The zero-order valence-corrected chi connectivity index (χ0v) is 13.7. The molecule has 1 aliphatic carbocycles. The van der Waals surface area contributed by atoms with Gasteiger partial charge in [-0.05, 0) is 37.0 Å². The number of hydrogen-bond acceptors (Lipinski definition) is 3. The summed E-state index contributed by atoms with van der Waals surface area (Å²) < 4.78 is 0. The smallest absolute Gasteiger partial charge is 0.335 e. The van der Waals surface area contributed by atoms with Gasteiger partial charge in [-0.15, -0.1) is 0 Å². The molecule has 1 aromatic rings. The Kier molecular flexibility index (Phi) is 4.76. The van der Waals surface area contributed by atoms with Gasteiger partial charge in [0, 0.05) is 25.6 Å². The van der Waals surface area contributed by atoms with E-state index in [9.17, 15) is 14.7 Å². The van der Waals surface area contributed by atoms with Crippen molar-refractivity contribution in [3.63, 3.8) is 0 Å². The third kappa shape index (κ3) is 3.53. The van der Waals surface area contributed by atoms with Gasteiger partial charge in [0.1, 0.15) is 0 Å². The molecule has 6 heteroatoms. The molecule has 130 valence electrons. The molecule has 3 N–H and O–H groups in total. The highest BCUT2D eigenvalue weighted by atomic mass is 16.4. The van der Waals surface area contributed by atoms with Gasteiger partial charge in [-0.3, -0.25) is 0 Å². The van der Waals surface area contributed by atoms with Crippen molar-refractivity contribution in [2.75, 3.05) is 13.1 Å². The molecule has 1 heterocycles. The lowest BCUT2D eigenvalue weighted by atomic mass is 9.71. The Balaban J connectivity index is 1.53. The van der Waals surface area contributed by atoms with Crippen LogP contribution in [0, 0.1) is 5.92 Å². The normalized spacial score (nSPS) is 26.5. The molecule has 1 aliphatic heterocycles. The zero-order chi connectivity index (χ0) is 17.2. The minimum Gasteiger partial charge on any atom is -0.478 e. The Morgan fingerprint density at radius 3 is 2.67 bits per heavy atom. The van der Waals surface area contributed by atoms with Gasteiger partial charge in [0.2, 0.25) is 0 Å². The minimum atomic E-state index is -0.959. The number of nitrogens with zero attached hydrogens (tertiary/aromatic N) is 1. The first-order valence-corrected chi connectivity index (χ1v) is 8.55. The number of fused-ring (bicyclic) bond motifs is 1. The zero-order valence-electron chi connectivity index (χ0n) is 13.7. The number of aliphatic hydroxyl groups is 1. The second-order valence-electron chi connectivity index (χ2n) is 6.90. The maximum Gasteiger partial charge on any atom is 0.335 e. The van der Waals surface area contributed by atoms with Crippen LogP contribution in [0.1, 0.15) is 48.0 Å². The van der Waals surface area contributed by atoms with Gasteiger partial charge in [0.15, 0.2) is 0 Å². The maximum absolute atomic E-state index is 12.4. The van der Waals surface area contributed by atoms with E-state index in [1.807, 2.05) is 0 Å². The van der Waals surface area contributed by atoms with Crippen molar-refractivity contribution >= 4 is 12.0 Å². The number of carbonyl (C=O) groups is 2. The molecule has 1 saturated carbocycles. The third-order valence-corrected chi connectivity index (χ3v) is 5.36. The number of urea groups is 1. The summed E-state index contributed by atoms with van der Waals surface area (Å²) in [6.07, 6.45) is 4.68. The van der Waals surface area contributed by atoms with Gasteiger partial charge < -0.3 is 20.4 Å². The first kappa shape index (κ1) is 16.8. The summed E-state index contributed by atoms with van der Waals surface area (Å²) in [6, 6.07) is 6.37. The Bertz CT molecular complexity index is 616. The highest BCUT2D eigenvalue weighted by molar-refractivity contribution is 5.87. The molecular weight excluding hydrogens is 308 g/mol. The predicted molar refractivity (Wildman–Crippen MR) is 88.7 cm³/mol. The summed E-state index contributed by atoms with van der Waals surface area (Å²) in [5, 5.41) is 22.4. The third-order valence-electron chi connectivity index (χ3n) is 5.36. The van der Waals surface area contributed by atoms with Crippen LogP contribution in [0.5, 0.6) is 0 Å². The predicted octanol–water partition coefficient (Wildman–Crippen LogP) is 2.22. The summed E-state index contributed by atoms with van der Waals surface area (Å²) in [5.41, 5.74) is 0.513. The summed E-state index contributed by atoms with van der Waals surface area (Å²) in [4.78, 5) is 25.0. The molecule has 0 spiro atoms. The van der Waals surface area contributed by atoms with E-state index < -0.39 is 11.6 Å². The van der Waals surface area contributed by atoms with E-state index in [0.29, 0.717) is 26.1 Å². The molecule has 6 nitrogen and oxygen atoms in total. The minimum absolute atomic E-state index is 0.120. The van der Waals surface area contributed by atoms with E-state index in [-0.39, 0.29) is 17.5 Å². The molecule has 1 saturated heterocycles. The quantitative estimate of drug-likeness (QED) is 0.792. The van der Waals surface area contributed by atoms with Crippen molar-refractivity contribution in [2.24, 2.45) is 5.92 Å². The van der Waals surface area contributed by atoms with Crippen LogP contribution in [0.25, 0.3) is 0 Å². The number of aromatic carboxylic acids is 1. The molecule has 1 aromatic carbocycles. The number of benzene rings is 1. The highest BCUT2D eigenvalue weighted by Crippen LogP contribution is 2.39. The SMILES string of the molecule is O=C(O)c1ccc(CNC(=O)N2CCC3(O)CCCCC3C2)cc1. The first-order valence-electron chi connectivity index (χ1n) is 8.55. The van der Waals surface area contributed by atoms with Crippen molar-refractivity contribution < 1.29 is 19.8 Å². The van der Waals surface area contributed by atoms with E-state index in [2.05, 4.69) is 5.32 Å². The Morgan fingerprint density at radius 1 is 1.21 bits per heavy atom. The number of piperidine rings is 1. The van der Waals surface area contributed by atoms with Crippen LogP contribution in [0.2, 0.25) is 0 Å². The van der Waals surface area contributed by atoms with Crippen molar-refractivity contribution in [2.45, 2.75) is 44.2 Å². The number of likely N-dealkylation sites (tertiary alicyclic amines) is 1. The van der Waals surface area contributed by atoms with E-state index >= 15 is 0 Å². The van der Waals surface area contributed by atoms with Gasteiger partial charge in [0.05, 0.1) is 11.2 Å². The van der Waals surface area contributed by atoms with Gasteiger partial charge >= 0.3 is 12.0 Å². The van der Waals surface area contributed by atoms with Gasteiger partial charge in [-0.25, -0.2) is 9.59 Å². The molecule has 3 rings (SSSR count). The molecule has 0 radical (unpaired) electrons. The van der Waals surface area contributed by atoms with E-state index in [0.717, 1.165) is 31.2 Å². The maximum atomic E-state index is 12.4. The Labute approximate surface area is 141 Å². The number of carboxylic acid groups (broad SMARTS) is 1. The number of carboxylic acids is 1. The van der Waals surface area contributed by atoms with Crippen molar-refractivity contribution in [1.82, 2.24) is 10.2 Å². The van der Waals surface area contributed by atoms with E-state index in [4.69, 9.17) is 5.11 Å². The van der Waals surface area contributed by atoms with Crippen LogP contribution >= 0.6 is 0 Å². The molecular formula is C18H24N2O4. The average molecular weight is 332 g/mol. The molecule has 2 atom stereocenters. The van der Waals surface area contributed by atoms with Crippen LogP contribution in [0.4, 0.5) is 4.79 Å². The first-order chi connectivity index (χ1) is 11.5. The van der Waals surface area contributed by atoms with Crippen LogP contribution in [-0.2, 0) is 6.54 Å². The van der Waals surface area contributed by atoms with Crippen LogP contribution in [0.15, 0.2) is 24.3 Å². The Morgan fingerprint density at radius 2 is 1.96 bits per heavy atom. The lowest BCUT2D eigenvalue weighted by Gasteiger charge is -2.47. The van der Waals surface area contributed by atoms with Crippen molar-refractivity contribution in [3.8, 4) is 0 Å². The number of rotatable bonds is 3. The molecule has 0 aromatic heterocycles. The van der Waals surface area contributed by atoms with Crippen molar-refractivity contribution in [1.29, 1.82) is 0 Å². The molecule has 24 heavy (non-hydrogen) atoms. The fourth-order valence-corrected chi connectivity index (χ4v) is 3.81. The fourth-order valence-electron chi connectivity index (χ4n) is 3.81. The van der Waals surface area contributed by atoms with Gasteiger partial charge in [0.25, 0.3) is 0 Å². The second kappa shape index (κ2) is 6.81. The van der Waals surface area contributed by atoms with E-state index in [1.165, 1.54) is 12.1 Å². The topological polar surface area (TPSA) is 89.9 Å². The summed E-state index contributed by atoms with van der Waals surface area (Å²) >= 11 is 0. The molecule has 2 fully saturated rings. The van der Waals surface area contributed by atoms with Crippen LogP contribution in [0.3, 0.4) is 0 Å². The van der Waals surface area contributed by atoms with E-state index in [1.54, 1.807) is 17.0 Å². The number of amides is 2. The van der Waals surface area contributed by atoms with Crippen LogP contribution in [-0.4, -0.2) is 45.8 Å². The number of nitrogens with one attached hydrogen (secondary N) is 1. The standard InChI is InChI=1S/C18H24N2O4/c21-16(22)14-6-4-13(5-7-14)11-19-17(23)20-10-9-18(24)8-2-1-3-15(18)12-20/h4-7,15,24H,1-3,8-12H2,(H,19,23)(H,21,22).